The summed E-state index contributed by atoms with van der Waals surface area (Å²) in [5.74, 6) is -0.316. The number of rotatable bonds is 6. The number of hydrogen-bond donors (Lipinski definition) is 1. The van der Waals surface area contributed by atoms with E-state index in [2.05, 4.69) is 24.1 Å². The highest BCUT2D eigenvalue weighted by molar-refractivity contribution is 6.30. The van der Waals surface area contributed by atoms with Crippen LogP contribution in [0.2, 0.25) is 5.02 Å². The smallest absolute Gasteiger partial charge is 0.146 e. The molecule has 4 heteroatoms. The molecule has 0 saturated carbocycles. The van der Waals surface area contributed by atoms with E-state index in [1.807, 2.05) is 0 Å². The van der Waals surface area contributed by atoms with Gasteiger partial charge in [-0.15, -0.1) is 0 Å². The number of pyridine rings is 1. The summed E-state index contributed by atoms with van der Waals surface area (Å²) >= 11 is 5.65. The number of nitrogens with zero attached hydrogens (tertiary/aromatic N) is 1. The molecule has 1 aromatic heterocycles. The van der Waals surface area contributed by atoms with E-state index in [0.717, 1.165) is 19.4 Å². The fourth-order valence-electron chi connectivity index (χ4n) is 1.54. The minimum absolute atomic E-state index is 0.281. The molecule has 0 radical (unpaired) electrons. The molecule has 0 fully saturated rings. The number of aromatic nitrogens is 1. The molecule has 0 aliphatic heterocycles. The van der Waals surface area contributed by atoms with Crippen molar-refractivity contribution < 1.29 is 4.39 Å². The molecule has 1 heterocycles. The van der Waals surface area contributed by atoms with Crippen LogP contribution in [0.15, 0.2) is 12.3 Å². The zero-order chi connectivity index (χ0) is 12.0. The van der Waals surface area contributed by atoms with Gasteiger partial charge in [-0.1, -0.05) is 25.4 Å². The Labute approximate surface area is 101 Å². The Balaban J connectivity index is 2.62. The summed E-state index contributed by atoms with van der Waals surface area (Å²) in [6.07, 6.45) is 4.14. The van der Waals surface area contributed by atoms with Crippen LogP contribution in [0.5, 0.6) is 0 Å². The lowest BCUT2D eigenvalue weighted by atomic mass is 10.1. The number of hydrogen-bond acceptors (Lipinski definition) is 2. The van der Waals surface area contributed by atoms with Gasteiger partial charge in [-0.2, -0.15) is 0 Å². The van der Waals surface area contributed by atoms with Crippen molar-refractivity contribution in [1.29, 1.82) is 0 Å². The molecule has 2 nitrogen and oxygen atoms in total. The highest BCUT2D eigenvalue weighted by Crippen LogP contribution is 2.13. The molecule has 1 aromatic rings. The van der Waals surface area contributed by atoms with Crippen LogP contribution >= 0.6 is 11.6 Å². The summed E-state index contributed by atoms with van der Waals surface area (Å²) in [6, 6.07) is 1.60. The number of halogens is 2. The van der Waals surface area contributed by atoms with Gasteiger partial charge in [0, 0.05) is 18.7 Å². The van der Waals surface area contributed by atoms with Crippen LogP contribution in [0.4, 0.5) is 4.39 Å². The van der Waals surface area contributed by atoms with Gasteiger partial charge in [0.2, 0.25) is 0 Å². The van der Waals surface area contributed by atoms with Crippen LogP contribution < -0.4 is 5.32 Å². The van der Waals surface area contributed by atoms with Gasteiger partial charge < -0.3 is 5.32 Å². The van der Waals surface area contributed by atoms with E-state index in [1.54, 1.807) is 0 Å². The van der Waals surface area contributed by atoms with Crippen LogP contribution in [-0.4, -0.2) is 17.6 Å². The van der Waals surface area contributed by atoms with Crippen LogP contribution in [-0.2, 0) is 6.42 Å². The van der Waals surface area contributed by atoms with Gasteiger partial charge in [0.1, 0.15) is 5.82 Å². The standard InChI is InChI=1S/C12H18ClFN2/c1-3-5-15-10(4-2)7-12-11(14)6-9(13)8-16-12/h6,8,10,15H,3-5,7H2,1-2H3. The van der Waals surface area contributed by atoms with Crippen molar-refractivity contribution in [3.63, 3.8) is 0 Å². The Morgan fingerprint density at radius 2 is 2.25 bits per heavy atom. The molecule has 0 aromatic carbocycles. The molecule has 1 N–H and O–H groups in total. The average Bonchev–Trinajstić information content (AvgIpc) is 2.27. The zero-order valence-electron chi connectivity index (χ0n) is 9.76. The van der Waals surface area contributed by atoms with Gasteiger partial charge in [-0.05, 0) is 25.5 Å². The fraction of sp³-hybridized carbons (Fsp3) is 0.583. The second kappa shape index (κ2) is 6.81. The first-order valence-electron chi connectivity index (χ1n) is 5.70. The van der Waals surface area contributed by atoms with Crippen molar-refractivity contribution >= 4 is 11.6 Å². The van der Waals surface area contributed by atoms with Gasteiger partial charge >= 0.3 is 0 Å². The maximum atomic E-state index is 13.5. The van der Waals surface area contributed by atoms with Crippen LogP contribution in [0, 0.1) is 5.82 Å². The van der Waals surface area contributed by atoms with Crippen molar-refractivity contribution in [2.75, 3.05) is 6.54 Å². The molecule has 0 saturated heterocycles. The molecule has 0 aliphatic rings. The minimum atomic E-state index is -0.316. The van der Waals surface area contributed by atoms with Gasteiger partial charge in [-0.3, -0.25) is 4.98 Å². The fourth-order valence-corrected chi connectivity index (χ4v) is 1.68. The summed E-state index contributed by atoms with van der Waals surface area (Å²) < 4.78 is 13.5. The molecular formula is C12H18ClFN2. The first-order valence-corrected chi connectivity index (χ1v) is 6.08. The van der Waals surface area contributed by atoms with E-state index in [9.17, 15) is 4.39 Å². The average molecular weight is 245 g/mol. The van der Waals surface area contributed by atoms with E-state index in [4.69, 9.17) is 11.6 Å². The van der Waals surface area contributed by atoms with E-state index >= 15 is 0 Å². The van der Waals surface area contributed by atoms with Crippen molar-refractivity contribution in [1.82, 2.24) is 10.3 Å². The molecule has 1 unspecified atom stereocenters. The Morgan fingerprint density at radius 3 is 2.81 bits per heavy atom. The zero-order valence-corrected chi connectivity index (χ0v) is 10.5. The summed E-state index contributed by atoms with van der Waals surface area (Å²) in [6.45, 7) is 5.15. The third-order valence-electron chi connectivity index (χ3n) is 2.50. The van der Waals surface area contributed by atoms with Crippen molar-refractivity contribution in [3.05, 3.63) is 28.8 Å². The summed E-state index contributed by atoms with van der Waals surface area (Å²) in [7, 11) is 0. The predicted octanol–water partition coefficient (Wildman–Crippen LogP) is 3.19. The Kier molecular flexibility index (Phi) is 5.71. The summed E-state index contributed by atoms with van der Waals surface area (Å²) in [4.78, 5) is 4.03. The van der Waals surface area contributed by atoms with Crippen LogP contribution in [0.25, 0.3) is 0 Å². The summed E-state index contributed by atoms with van der Waals surface area (Å²) in [5, 5.41) is 3.71. The molecule has 90 valence electrons. The van der Waals surface area contributed by atoms with E-state index in [0.29, 0.717) is 17.1 Å². The lowest BCUT2D eigenvalue weighted by molar-refractivity contribution is 0.477. The molecule has 0 spiro atoms. The summed E-state index contributed by atoms with van der Waals surface area (Å²) in [5.41, 5.74) is 0.486. The lowest BCUT2D eigenvalue weighted by Crippen LogP contribution is -2.31. The Morgan fingerprint density at radius 1 is 1.50 bits per heavy atom. The van der Waals surface area contributed by atoms with Crippen LogP contribution in [0.3, 0.4) is 0 Å². The third kappa shape index (κ3) is 4.06. The molecule has 0 bridgehead atoms. The van der Waals surface area contributed by atoms with E-state index in [-0.39, 0.29) is 11.9 Å². The molecular weight excluding hydrogens is 227 g/mol. The maximum absolute atomic E-state index is 13.5. The molecule has 16 heavy (non-hydrogen) atoms. The molecule has 1 atom stereocenters. The second-order valence-corrected chi connectivity index (χ2v) is 4.28. The van der Waals surface area contributed by atoms with Crippen molar-refractivity contribution in [3.8, 4) is 0 Å². The minimum Gasteiger partial charge on any atom is -0.314 e. The van der Waals surface area contributed by atoms with Gasteiger partial charge in [0.25, 0.3) is 0 Å². The highest BCUT2D eigenvalue weighted by atomic mass is 35.5. The SMILES string of the molecule is CCCNC(CC)Cc1ncc(Cl)cc1F. The monoisotopic (exact) mass is 244 g/mol. The van der Waals surface area contributed by atoms with E-state index < -0.39 is 0 Å². The van der Waals surface area contributed by atoms with Crippen molar-refractivity contribution in [2.45, 2.75) is 39.2 Å². The number of nitrogens with one attached hydrogen (secondary N) is 1. The van der Waals surface area contributed by atoms with E-state index in [1.165, 1.54) is 12.3 Å². The van der Waals surface area contributed by atoms with Crippen LogP contribution in [0.1, 0.15) is 32.4 Å². The van der Waals surface area contributed by atoms with Gasteiger partial charge in [-0.25, -0.2) is 4.39 Å². The maximum Gasteiger partial charge on any atom is 0.146 e. The molecule has 0 amide bonds. The van der Waals surface area contributed by atoms with Crippen molar-refractivity contribution in [2.24, 2.45) is 0 Å². The normalized spacial score (nSPS) is 12.8. The third-order valence-corrected chi connectivity index (χ3v) is 2.71. The Bertz CT molecular complexity index is 331. The molecule has 0 aliphatic carbocycles. The lowest BCUT2D eigenvalue weighted by Gasteiger charge is -2.16. The Hall–Kier alpha value is -0.670. The topological polar surface area (TPSA) is 24.9 Å². The van der Waals surface area contributed by atoms with Gasteiger partial charge in [0.05, 0.1) is 10.7 Å². The second-order valence-electron chi connectivity index (χ2n) is 3.85. The molecule has 1 rings (SSSR count). The predicted molar refractivity (Wildman–Crippen MR) is 65.3 cm³/mol. The quantitative estimate of drug-likeness (QED) is 0.831. The largest absolute Gasteiger partial charge is 0.314 e. The van der Waals surface area contributed by atoms with Gasteiger partial charge in [0.15, 0.2) is 0 Å². The highest BCUT2D eigenvalue weighted by Gasteiger charge is 2.11. The first-order chi connectivity index (χ1) is 7.67. The first kappa shape index (κ1) is 13.4.